The Morgan fingerprint density at radius 3 is 2.39 bits per heavy atom. The van der Waals surface area contributed by atoms with Crippen LogP contribution in [0, 0.1) is 12.7 Å². The van der Waals surface area contributed by atoms with Gasteiger partial charge in [-0.1, -0.05) is 35.9 Å². The molecule has 0 bridgehead atoms. The molecule has 0 aliphatic heterocycles. The van der Waals surface area contributed by atoms with Gasteiger partial charge in [-0.25, -0.2) is 4.39 Å². The maximum absolute atomic E-state index is 14.0. The van der Waals surface area contributed by atoms with E-state index in [9.17, 15) is 14.0 Å². The topological polar surface area (TPSA) is 62.6 Å². The number of hydrogen-bond donors (Lipinski definition) is 3. The van der Waals surface area contributed by atoms with E-state index in [1.807, 2.05) is 33.2 Å². The molecule has 0 heterocycles. The molecule has 0 spiro atoms. The SMILES string of the molecule is Cc1ccc(C(=O)N/C(=C/c2ccccc2F)C(=O)NCCC[NH+](C)C)cc1. The largest absolute Gasteiger partial charge is 0.351 e. The molecule has 2 amide bonds. The summed E-state index contributed by atoms with van der Waals surface area (Å²) in [5.74, 6) is -1.33. The molecule has 28 heavy (non-hydrogen) atoms. The van der Waals surface area contributed by atoms with Crippen LogP contribution in [0.4, 0.5) is 4.39 Å². The lowest BCUT2D eigenvalue weighted by atomic mass is 10.1. The van der Waals surface area contributed by atoms with Gasteiger partial charge in [0.25, 0.3) is 11.8 Å². The first kappa shape index (κ1) is 21.3. The summed E-state index contributed by atoms with van der Waals surface area (Å²) in [5, 5.41) is 5.40. The standard InChI is InChI=1S/C22H26FN3O2/c1-16-9-11-17(12-10-16)21(27)25-20(15-18-7-4-5-8-19(18)23)22(28)24-13-6-14-26(2)3/h4-5,7-12,15H,6,13-14H2,1-3H3,(H,24,28)(H,25,27)/p+1/b20-15+. The highest BCUT2D eigenvalue weighted by Gasteiger charge is 2.15. The van der Waals surface area contributed by atoms with E-state index in [2.05, 4.69) is 10.6 Å². The average Bonchev–Trinajstić information content (AvgIpc) is 2.66. The minimum Gasteiger partial charge on any atom is -0.351 e. The number of quaternary nitrogens is 1. The zero-order valence-corrected chi connectivity index (χ0v) is 16.5. The Labute approximate surface area is 165 Å². The van der Waals surface area contributed by atoms with Crippen molar-refractivity contribution < 1.29 is 18.9 Å². The predicted molar refractivity (Wildman–Crippen MR) is 108 cm³/mol. The first-order valence-electron chi connectivity index (χ1n) is 9.28. The number of carbonyl (C=O) groups is 2. The average molecular weight is 384 g/mol. The maximum Gasteiger partial charge on any atom is 0.267 e. The van der Waals surface area contributed by atoms with Crippen molar-refractivity contribution in [1.82, 2.24) is 10.6 Å². The summed E-state index contributed by atoms with van der Waals surface area (Å²) in [7, 11) is 4.07. The number of amides is 2. The van der Waals surface area contributed by atoms with E-state index < -0.39 is 17.6 Å². The second-order valence-electron chi connectivity index (χ2n) is 6.97. The molecule has 0 aromatic heterocycles. The smallest absolute Gasteiger partial charge is 0.267 e. The van der Waals surface area contributed by atoms with Gasteiger partial charge in [0.2, 0.25) is 0 Å². The van der Waals surface area contributed by atoms with Gasteiger partial charge in [0, 0.05) is 24.1 Å². The molecule has 5 nitrogen and oxygen atoms in total. The van der Waals surface area contributed by atoms with E-state index in [1.54, 1.807) is 30.3 Å². The van der Waals surface area contributed by atoms with Crippen LogP contribution >= 0.6 is 0 Å². The Kier molecular flexibility index (Phi) is 7.89. The summed E-state index contributed by atoms with van der Waals surface area (Å²) in [6.07, 6.45) is 2.15. The van der Waals surface area contributed by atoms with E-state index in [-0.39, 0.29) is 11.3 Å². The summed E-state index contributed by atoms with van der Waals surface area (Å²) in [6, 6.07) is 13.1. The second kappa shape index (κ2) is 10.4. The third-order valence-corrected chi connectivity index (χ3v) is 4.15. The van der Waals surface area contributed by atoms with Crippen molar-refractivity contribution in [1.29, 1.82) is 0 Å². The van der Waals surface area contributed by atoms with Gasteiger partial charge in [-0.05, 0) is 31.2 Å². The van der Waals surface area contributed by atoms with E-state index in [0.29, 0.717) is 12.1 Å². The lowest BCUT2D eigenvalue weighted by Gasteiger charge is -2.12. The molecule has 6 heteroatoms. The maximum atomic E-state index is 14.0. The molecule has 148 valence electrons. The van der Waals surface area contributed by atoms with Crippen LogP contribution in [0.25, 0.3) is 6.08 Å². The van der Waals surface area contributed by atoms with Crippen LogP contribution in [0.1, 0.15) is 27.9 Å². The number of nitrogens with one attached hydrogen (secondary N) is 3. The van der Waals surface area contributed by atoms with Crippen LogP contribution in [-0.4, -0.2) is 39.0 Å². The Morgan fingerprint density at radius 1 is 1.07 bits per heavy atom. The van der Waals surface area contributed by atoms with E-state index in [1.165, 1.54) is 17.0 Å². The molecule has 2 aromatic rings. The van der Waals surface area contributed by atoms with Crippen LogP contribution in [0.2, 0.25) is 0 Å². The van der Waals surface area contributed by atoms with Gasteiger partial charge in [-0.15, -0.1) is 0 Å². The first-order chi connectivity index (χ1) is 13.4. The van der Waals surface area contributed by atoms with Crippen LogP contribution in [0.15, 0.2) is 54.2 Å². The molecule has 0 aliphatic carbocycles. The molecule has 0 radical (unpaired) electrons. The molecule has 3 N–H and O–H groups in total. The van der Waals surface area contributed by atoms with Crippen molar-refractivity contribution in [2.24, 2.45) is 0 Å². The third kappa shape index (κ3) is 6.63. The van der Waals surface area contributed by atoms with Crippen molar-refractivity contribution in [3.05, 3.63) is 76.7 Å². The van der Waals surface area contributed by atoms with Gasteiger partial charge in [-0.2, -0.15) is 0 Å². The van der Waals surface area contributed by atoms with Crippen LogP contribution < -0.4 is 15.5 Å². The number of benzene rings is 2. The monoisotopic (exact) mass is 384 g/mol. The van der Waals surface area contributed by atoms with E-state index >= 15 is 0 Å². The van der Waals surface area contributed by atoms with Gasteiger partial charge in [0.05, 0.1) is 20.6 Å². The van der Waals surface area contributed by atoms with Crippen LogP contribution in [-0.2, 0) is 4.79 Å². The highest BCUT2D eigenvalue weighted by molar-refractivity contribution is 6.05. The number of rotatable bonds is 8. The summed E-state index contributed by atoms with van der Waals surface area (Å²) in [6.45, 7) is 3.30. The minimum atomic E-state index is -0.464. The molecule has 0 unspecified atom stereocenters. The fraction of sp³-hybridized carbons (Fsp3) is 0.273. The predicted octanol–water partition coefficient (Wildman–Crippen LogP) is 1.56. The fourth-order valence-corrected chi connectivity index (χ4v) is 2.54. The van der Waals surface area contributed by atoms with Crippen LogP contribution in [0.5, 0.6) is 0 Å². The van der Waals surface area contributed by atoms with E-state index in [4.69, 9.17) is 0 Å². The lowest BCUT2D eigenvalue weighted by Crippen LogP contribution is -3.05. The summed E-state index contributed by atoms with van der Waals surface area (Å²) in [5.41, 5.74) is 1.69. The van der Waals surface area contributed by atoms with Gasteiger partial charge in [-0.3, -0.25) is 9.59 Å². The molecule has 2 aromatic carbocycles. The minimum absolute atomic E-state index is 0.00729. The highest BCUT2D eigenvalue weighted by Crippen LogP contribution is 2.11. The second-order valence-corrected chi connectivity index (χ2v) is 6.97. The molecule has 0 saturated carbocycles. The van der Waals surface area contributed by atoms with E-state index in [0.717, 1.165) is 18.5 Å². The molecule has 0 saturated heterocycles. The molecule has 2 rings (SSSR count). The first-order valence-corrected chi connectivity index (χ1v) is 9.28. The van der Waals surface area contributed by atoms with Crippen molar-refractivity contribution in [3.8, 4) is 0 Å². The van der Waals surface area contributed by atoms with Gasteiger partial charge < -0.3 is 15.5 Å². The molecular weight excluding hydrogens is 357 g/mol. The number of carbonyl (C=O) groups excluding carboxylic acids is 2. The Balaban J connectivity index is 2.18. The van der Waals surface area contributed by atoms with Crippen molar-refractivity contribution >= 4 is 17.9 Å². The van der Waals surface area contributed by atoms with Crippen molar-refractivity contribution in [2.45, 2.75) is 13.3 Å². The number of aryl methyl sites for hydroxylation is 1. The molecular formula is C22H27FN3O2+. The molecule has 0 atom stereocenters. The van der Waals surface area contributed by atoms with Gasteiger partial charge in [0.1, 0.15) is 11.5 Å². The van der Waals surface area contributed by atoms with Crippen molar-refractivity contribution in [2.75, 3.05) is 27.2 Å². The highest BCUT2D eigenvalue weighted by atomic mass is 19.1. The van der Waals surface area contributed by atoms with Crippen molar-refractivity contribution in [3.63, 3.8) is 0 Å². The molecule has 0 fully saturated rings. The zero-order valence-electron chi connectivity index (χ0n) is 16.5. The lowest BCUT2D eigenvalue weighted by molar-refractivity contribution is -0.858. The summed E-state index contributed by atoms with van der Waals surface area (Å²) >= 11 is 0. The Hall–Kier alpha value is -2.99. The quantitative estimate of drug-likeness (QED) is 0.478. The normalized spacial score (nSPS) is 11.4. The summed E-state index contributed by atoms with van der Waals surface area (Å²) in [4.78, 5) is 26.4. The Bertz CT molecular complexity index is 845. The fourth-order valence-electron chi connectivity index (χ4n) is 2.54. The summed E-state index contributed by atoms with van der Waals surface area (Å²) < 4.78 is 14.0. The van der Waals surface area contributed by atoms with Gasteiger partial charge in [0.15, 0.2) is 0 Å². The zero-order chi connectivity index (χ0) is 20.5. The third-order valence-electron chi connectivity index (χ3n) is 4.15. The number of halogens is 1. The van der Waals surface area contributed by atoms with Gasteiger partial charge >= 0.3 is 0 Å². The number of hydrogen-bond acceptors (Lipinski definition) is 2. The van der Waals surface area contributed by atoms with Crippen LogP contribution in [0.3, 0.4) is 0 Å². The molecule has 0 aliphatic rings. The Morgan fingerprint density at radius 2 is 1.75 bits per heavy atom.